The Morgan fingerprint density at radius 3 is 2.28 bits per heavy atom. The van der Waals surface area contributed by atoms with Crippen LogP contribution in [0.15, 0.2) is 95.9 Å². The minimum absolute atomic E-state index is 0.238. The van der Waals surface area contributed by atoms with Gasteiger partial charge < -0.3 is 14.2 Å². The van der Waals surface area contributed by atoms with Crippen LogP contribution in [0.1, 0.15) is 26.3 Å². The van der Waals surface area contributed by atoms with Gasteiger partial charge in [0.2, 0.25) is 0 Å². The summed E-state index contributed by atoms with van der Waals surface area (Å²) in [6.07, 6.45) is 3.62. The van der Waals surface area contributed by atoms with Crippen molar-refractivity contribution in [3.8, 4) is 0 Å². The molecule has 1 aliphatic rings. The van der Waals surface area contributed by atoms with Crippen LogP contribution in [-0.4, -0.2) is 35.9 Å². The maximum absolute atomic E-state index is 13.5. The number of rotatable bonds is 9. The molecule has 188 valence electrons. The van der Waals surface area contributed by atoms with E-state index in [9.17, 15) is 19.7 Å². The summed E-state index contributed by atoms with van der Waals surface area (Å²) in [4.78, 5) is 40.0. The Bertz CT molecular complexity index is 1210. The fourth-order valence-electron chi connectivity index (χ4n) is 3.81. The summed E-state index contributed by atoms with van der Waals surface area (Å²) in [7, 11) is 1.30. The van der Waals surface area contributed by atoms with Gasteiger partial charge in [-0.15, -0.1) is 0 Å². The maximum atomic E-state index is 13.5. The lowest BCUT2D eigenvalue weighted by Gasteiger charge is -2.38. The second-order valence-electron chi connectivity index (χ2n) is 8.12. The van der Waals surface area contributed by atoms with Crippen LogP contribution < -0.4 is 4.90 Å². The number of nitro groups is 1. The number of benzene rings is 2. The molecular weight excluding hydrogens is 464 g/mol. The Labute approximate surface area is 209 Å². The predicted molar refractivity (Wildman–Crippen MR) is 133 cm³/mol. The molecule has 36 heavy (non-hydrogen) atoms. The maximum Gasteiger partial charge on any atom is 0.430 e. The first-order valence-electron chi connectivity index (χ1n) is 11.3. The highest BCUT2D eigenvalue weighted by Gasteiger charge is 2.66. The van der Waals surface area contributed by atoms with Crippen LogP contribution in [-0.2, 0) is 30.2 Å². The molecule has 9 nitrogen and oxygen atoms in total. The minimum atomic E-state index is -2.75. The predicted octanol–water partition coefficient (Wildman–Crippen LogP) is 4.54. The fraction of sp³-hybridized carbons (Fsp3) is 0.259. The molecule has 0 bridgehead atoms. The molecule has 2 unspecified atom stereocenters. The first-order chi connectivity index (χ1) is 17.2. The second kappa shape index (κ2) is 11.5. The normalized spacial score (nSPS) is 18.6. The van der Waals surface area contributed by atoms with E-state index in [1.165, 1.54) is 33.4 Å². The topological polar surface area (TPSA) is 108 Å². The van der Waals surface area contributed by atoms with Gasteiger partial charge in [0.15, 0.2) is 11.9 Å². The number of hydrogen-bond acceptors (Lipinski definition) is 8. The van der Waals surface area contributed by atoms with E-state index in [0.29, 0.717) is 17.7 Å². The van der Waals surface area contributed by atoms with Crippen LogP contribution in [0.4, 0.5) is 5.69 Å². The van der Waals surface area contributed by atoms with E-state index in [0.717, 1.165) is 10.5 Å². The molecule has 0 saturated carbocycles. The molecule has 0 amide bonds. The molecule has 0 spiro atoms. The molecule has 0 aromatic heterocycles. The highest BCUT2D eigenvalue weighted by atomic mass is 16.7. The van der Waals surface area contributed by atoms with Crippen molar-refractivity contribution in [3.05, 3.63) is 112 Å². The fourth-order valence-corrected chi connectivity index (χ4v) is 3.81. The first kappa shape index (κ1) is 26.4. The highest BCUT2D eigenvalue weighted by Crippen LogP contribution is 2.41. The molecule has 1 heterocycles. The van der Waals surface area contributed by atoms with Gasteiger partial charge in [-0.25, -0.2) is 9.59 Å². The zero-order valence-corrected chi connectivity index (χ0v) is 20.5. The third-order valence-electron chi connectivity index (χ3n) is 5.85. The Hall–Kier alpha value is -4.24. The summed E-state index contributed by atoms with van der Waals surface area (Å²) in [6.45, 7) is 4.64. The van der Waals surface area contributed by atoms with Crippen LogP contribution >= 0.6 is 0 Å². The molecule has 3 rings (SSSR count). The number of esters is 2. The second-order valence-corrected chi connectivity index (χ2v) is 8.12. The molecule has 0 radical (unpaired) electrons. The van der Waals surface area contributed by atoms with E-state index in [2.05, 4.69) is 0 Å². The molecule has 9 heteroatoms. The number of carbonyl (C=O) groups excluding carboxylic acids is 2. The summed E-state index contributed by atoms with van der Waals surface area (Å²) in [5, 5.41) is 12.8. The molecule has 0 N–H and O–H groups in total. The van der Waals surface area contributed by atoms with E-state index in [4.69, 9.17) is 14.2 Å². The Balaban J connectivity index is 2.08. The minimum Gasteiger partial charge on any atom is -0.431 e. The van der Waals surface area contributed by atoms with E-state index >= 15 is 0 Å². The van der Waals surface area contributed by atoms with Crippen molar-refractivity contribution in [3.63, 3.8) is 0 Å². The van der Waals surface area contributed by atoms with Crippen molar-refractivity contribution >= 4 is 17.6 Å². The van der Waals surface area contributed by atoms with E-state index in [1.807, 2.05) is 30.3 Å². The third-order valence-corrected chi connectivity index (χ3v) is 5.85. The molecule has 2 aromatic carbocycles. The molecule has 0 saturated heterocycles. The van der Waals surface area contributed by atoms with E-state index in [1.54, 1.807) is 43.3 Å². The number of hydrogen-bond donors (Lipinski definition) is 0. The van der Waals surface area contributed by atoms with Gasteiger partial charge >= 0.3 is 17.6 Å². The van der Waals surface area contributed by atoms with Crippen molar-refractivity contribution in [2.75, 3.05) is 12.0 Å². The van der Waals surface area contributed by atoms with Crippen LogP contribution in [0.3, 0.4) is 0 Å². The van der Waals surface area contributed by atoms with Crippen molar-refractivity contribution < 1.29 is 28.7 Å². The molecule has 2 aromatic rings. The van der Waals surface area contributed by atoms with Crippen LogP contribution in [0.25, 0.3) is 0 Å². The number of carbonyl (C=O) groups is 2. The van der Waals surface area contributed by atoms with Gasteiger partial charge in [-0.3, -0.25) is 15.0 Å². The van der Waals surface area contributed by atoms with Crippen molar-refractivity contribution in [1.29, 1.82) is 0 Å². The van der Waals surface area contributed by atoms with Crippen LogP contribution in [0.5, 0.6) is 0 Å². The van der Waals surface area contributed by atoms with Gasteiger partial charge in [-0.05, 0) is 62.1 Å². The van der Waals surface area contributed by atoms with Crippen molar-refractivity contribution in [1.82, 2.24) is 0 Å². The molecule has 1 aliphatic heterocycles. The van der Waals surface area contributed by atoms with Crippen molar-refractivity contribution in [2.45, 2.75) is 39.1 Å². The summed E-state index contributed by atoms with van der Waals surface area (Å²) in [5.41, 5.74) is -1.11. The zero-order chi connectivity index (χ0) is 26.3. The van der Waals surface area contributed by atoms with Gasteiger partial charge in [0, 0.05) is 19.0 Å². The molecule has 0 aliphatic carbocycles. The standard InChI is InChI=1S/C27H28N2O7/c1-19-18-28(23-15-9-6-10-16-23)27(29(32)33,26(31)36-21(3)34-4)24(20(19)2)25(30)35-17-11-14-22-12-7-5-8-13-22/h5-13,15-18,21H,14H2,1-4H3. The highest BCUT2D eigenvalue weighted by molar-refractivity contribution is 6.04. The summed E-state index contributed by atoms with van der Waals surface area (Å²) in [6, 6.07) is 17.7. The van der Waals surface area contributed by atoms with Gasteiger partial charge in [0.1, 0.15) is 0 Å². The Morgan fingerprint density at radius 2 is 1.69 bits per heavy atom. The summed E-state index contributed by atoms with van der Waals surface area (Å²) in [5.74, 6) is -2.32. The van der Waals surface area contributed by atoms with Crippen LogP contribution in [0.2, 0.25) is 0 Å². The van der Waals surface area contributed by atoms with Gasteiger partial charge in [0.25, 0.3) is 0 Å². The Kier molecular flexibility index (Phi) is 8.39. The monoisotopic (exact) mass is 492 g/mol. The quantitative estimate of drug-likeness (QED) is 0.165. The van der Waals surface area contributed by atoms with E-state index < -0.39 is 34.4 Å². The van der Waals surface area contributed by atoms with Gasteiger partial charge in [-0.1, -0.05) is 48.5 Å². The summed E-state index contributed by atoms with van der Waals surface area (Å²) >= 11 is 0. The first-order valence-corrected chi connectivity index (χ1v) is 11.3. The number of allylic oxidation sites excluding steroid dienone is 3. The lowest BCUT2D eigenvalue weighted by molar-refractivity contribution is -0.542. The number of anilines is 1. The molecule has 2 atom stereocenters. The number of para-hydroxylation sites is 1. The number of methoxy groups -OCH3 is 1. The lowest BCUT2D eigenvalue weighted by Crippen LogP contribution is -2.64. The lowest BCUT2D eigenvalue weighted by atomic mass is 9.86. The zero-order valence-electron chi connectivity index (χ0n) is 20.5. The third kappa shape index (κ3) is 5.21. The van der Waals surface area contributed by atoms with Gasteiger partial charge in [0.05, 0.1) is 11.2 Å². The Morgan fingerprint density at radius 1 is 1.08 bits per heavy atom. The largest absolute Gasteiger partial charge is 0.431 e. The molecular formula is C27H28N2O7. The summed E-state index contributed by atoms with van der Waals surface area (Å²) < 4.78 is 15.6. The number of nitrogens with zero attached hydrogens (tertiary/aromatic N) is 2. The van der Waals surface area contributed by atoms with Crippen LogP contribution in [0, 0.1) is 10.1 Å². The molecule has 0 fully saturated rings. The average molecular weight is 493 g/mol. The number of ether oxygens (including phenoxy) is 3. The SMILES string of the molecule is COC(C)OC(=O)C1([N+](=O)[O-])C(C(=O)OC=CCc2ccccc2)=C(C)C(C)=CN1c1ccccc1. The van der Waals surface area contributed by atoms with E-state index in [-0.39, 0.29) is 5.57 Å². The van der Waals surface area contributed by atoms with Gasteiger partial charge in [-0.2, -0.15) is 0 Å². The smallest absolute Gasteiger partial charge is 0.430 e. The van der Waals surface area contributed by atoms with Crippen molar-refractivity contribution in [2.24, 2.45) is 0 Å². The average Bonchev–Trinajstić information content (AvgIpc) is 2.88.